The van der Waals surface area contributed by atoms with Gasteiger partial charge in [-0.3, -0.25) is 9.59 Å². The minimum absolute atomic E-state index is 0.266. The summed E-state index contributed by atoms with van der Waals surface area (Å²) in [6.45, 7) is 0.277. The number of anilines is 1. The number of carbonyl (C=O) groups is 2. The van der Waals surface area contributed by atoms with Crippen molar-refractivity contribution in [3.8, 4) is 5.75 Å². The molecule has 5 nitrogen and oxygen atoms in total. The Morgan fingerprint density at radius 2 is 2.18 bits per heavy atom. The monoisotopic (exact) mass is 316 g/mol. The Kier molecular flexibility index (Phi) is 4.06. The third-order valence-corrected chi connectivity index (χ3v) is 3.66. The number of aromatic nitrogens is 1. The molecule has 1 aromatic carbocycles. The second-order valence-electron chi connectivity index (χ2n) is 4.90. The molecule has 6 heteroatoms. The molecule has 1 aromatic heterocycles. The van der Waals surface area contributed by atoms with Gasteiger partial charge < -0.3 is 10.1 Å². The number of nitrogens with one attached hydrogen (secondary N) is 1. The highest BCUT2D eigenvalue weighted by Crippen LogP contribution is 2.30. The Morgan fingerprint density at radius 3 is 2.95 bits per heavy atom. The first-order chi connectivity index (χ1) is 10.6. The van der Waals surface area contributed by atoms with E-state index in [4.69, 9.17) is 16.3 Å². The van der Waals surface area contributed by atoms with Gasteiger partial charge in [0, 0.05) is 17.6 Å². The van der Waals surface area contributed by atoms with E-state index in [-0.39, 0.29) is 18.3 Å². The molecule has 0 bridgehead atoms. The van der Waals surface area contributed by atoms with Crippen molar-refractivity contribution in [3.05, 3.63) is 53.2 Å². The van der Waals surface area contributed by atoms with Gasteiger partial charge in [-0.15, -0.1) is 0 Å². The van der Waals surface area contributed by atoms with Gasteiger partial charge >= 0.3 is 0 Å². The molecule has 0 aliphatic carbocycles. The fourth-order valence-electron chi connectivity index (χ4n) is 2.32. The van der Waals surface area contributed by atoms with E-state index in [9.17, 15) is 9.59 Å². The van der Waals surface area contributed by atoms with E-state index in [0.717, 1.165) is 0 Å². The lowest BCUT2D eigenvalue weighted by molar-refractivity contribution is -0.118. The number of ether oxygens (including phenoxy) is 1. The Labute approximate surface area is 132 Å². The molecule has 0 saturated heterocycles. The number of hydrogen-bond donors (Lipinski definition) is 1. The van der Waals surface area contributed by atoms with Gasteiger partial charge in [0.25, 0.3) is 0 Å². The quantitative estimate of drug-likeness (QED) is 0.865. The molecule has 3 rings (SSSR count). The van der Waals surface area contributed by atoms with E-state index in [1.54, 1.807) is 42.6 Å². The predicted octanol–water partition coefficient (Wildman–Crippen LogP) is 2.96. The number of benzene rings is 1. The van der Waals surface area contributed by atoms with Crippen LogP contribution < -0.4 is 10.1 Å². The normalized spacial score (nSPS) is 17.1. The molecule has 1 N–H and O–H groups in total. The molecule has 0 fully saturated rings. The molecular formula is C16H13ClN2O3. The second-order valence-corrected chi connectivity index (χ2v) is 5.34. The molecule has 0 radical (unpaired) electrons. The van der Waals surface area contributed by atoms with Crippen LogP contribution in [0.2, 0.25) is 5.02 Å². The predicted molar refractivity (Wildman–Crippen MR) is 82.3 cm³/mol. The number of halogens is 1. The number of carbonyl (C=O) groups excluding carboxylic acids is 2. The summed E-state index contributed by atoms with van der Waals surface area (Å²) < 4.78 is 5.53. The maximum Gasteiger partial charge on any atom is 0.236 e. The number of amides is 1. The number of ketones is 1. The van der Waals surface area contributed by atoms with Crippen LogP contribution in [-0.4, -0.2) is 23.3 Å². The lowest BCUT2D eigenvalue weighted by Crippen LogP contribution is -2.30. The van der Waals surface area contributed by atoms with Gasteiger partial charge in [-0.25, -0.2) is 4.98 Å². The van der Waals surface area contributed by atoms with Gasteiger partial charge in [0.1, 0.15) is 17.5 Å². The van der Waals surface area contributed by atoms with Crippen LogP contribution in [0.5, 0.6) is 5.75 Å². The van der Waals surface area contributed by atoms with Gasteiger partial charge in [-0.05, 0) is 30.3 Å². The fourth-order valence-corrected chi connectivity index (χ4v) is 2.49. The summed E-state index contributed by atoms with van der Waals surface area (Å²) in [5.41, 5.74) is 0.378. The summed E-state index contributed by atoms with van der Waals surface area (Å²) in [6, 6.07) is 9.97. The number of fused-ring (bicyclic) bond motifs is 1. The van der Waals surface area contributed by atoms with Crippen LogP contribution in [-0.2, 0) is 4.79 Å². The zero-order chi connectivity index (χ0) is 15.5. The SMILES string of the molecule is O=C(Nc1ccccn1)C1CCOc2cc(Cl)ccc2C1=O. The van der Waals surface area contributed by atoms with Gasteiger partial charge in [-0.1, -0.05) is 17.7 Å². The van der Waals surface area contributed by atoms with Gasteiger partial charge in [0.05, 0.1) is 12.2 Å². The molecule has 1 unspecified atom stereocenters. The summed E-state index contributed by atoms with van der Waals surface area (Å²) in [7, 11) is 0. The number of Topliss-reactive ketones (excluding diaryl/α,β-unsaturated/α-hetero) is 1. The fraction of sp³-hybridized carbons (Fsp3) is 0.188. The molecule has 1 aliphatic rings. The van der Waals surface area contributed by atoms with Crippen LogP contribution in [0.15, 0.2) is 42.6 Å². The number of hydrogen-bond acceptors (Lipinski definition) is 4. The second kappa shape index (κ2) is 6.15. The molecule has 2 heterocycles. The van der Waals surface area contributed by atoms with Crippen LogP contribution >= 0.6 is 11.6 Å². The van der Waals surface area contributed by atoms with Crippen molar-refractivity contribution in [2.24, 2.45) is 5.92 Å². The number of pyridine rings is 1. The van der Waals surface area contributed by atoms with Crippen LogP contribution in [0.25, 0.3) is 0 Å². The Hall–Kier alpha value is -2.40. The van der Waals surface area contributed by atoms with Crippen molar-refractivity contribution < 1.29 is 14.3 Å². The first kappa shape index (κ1) is 14.5. The van der Waals surface area contributed by atoms with E-state index in [1.807, 2.05) is 0 Å². The van der Waals surface area contributed by atoms with Gasteiger partial charge in [0.15, 0.2) is 5.78 Å². The molecule has 1 atom stereocenters. The Bertz CT molecular complexity index is 719. The van der Waals surface area contributed by atoms with E-state index in [0.29, 0.717) is 28.6 Å². The smallest absolute Gasteiger partial charge is 0.236 e. The Morgan fingerprint density at radius 1 is 1.32 bits per heavy atom. The summed E-state index contributed by atoms with van der Waals surface area (Å²) >= 11 is 5.91. The van der Waals surface area contributed by atoms with Crippen molar-refractivity contribution in [3.63, 3.8) is 0 Å². The highest BCUT2D eigenvalue weighted by molar-refractivity contribution is 6.31. The summed E-state index contributed by atoms with van der Waals surface area (Å²) in [4.78, 5) is 29.0. The molecule has 112 valence electrons. The molecule has 1 amide bonds. The van der Waals surface area contributed by atoms with Crippen LogP contribution in [0.4, 0.5) is 5.82 Å². The maximum absolute atomic E-state index is 12.6. The van der Waals surface area contributed by atoms with Gasteiger partial charge in [0.2, 0.25) is 5.91 Å². The zero-order valence-electron chi connectivity index (χ0n) is 11.6. The summed E-state index contributed by atoms with van der Waals surface area (Å²) in [5.74, 6) is -0.607. The van der Waals surface area contributed by atoms with Crippen LogP contribution in [0.1, 0.15) is 16.8 Å². The highest BCUT2D eigenvalue weighted by Gasteiger charge is 2.32. The van der Waals surface area contributed by atoms with Gasteiger partial charge in [-0.2, -0.15) is 0 Å². The molecule has 22 heavy (non-hydrogen) atoms. The average molecular weight is 317 g/mol. The lowest BCUT2D eigenvalue weighted by Gasteiger charge is -2.12. The zero-order valence-corrected chi connectivity index (χ0v) is 12.3. The van der Waals surface area contributed by atoms with E-state index < -0.39 is 5.92 Å². The third-order valence-electron chi connectivity index (χ3n) is 3.42. The van der Waals surface area contributed by atoms with Crippen molar-refractivity contribution in [2.45, 2.75) is 6.42 Å². The number of nitrogens with zero attached hydrogens (tertiary/aromatic N) is 1. The highest BCUT2D eigenvalue weighted by atomic mass is 35.5. The van der Waals surface area contributed by atoms with E-state index in [1.165, 1.54) is 0 Å². The summed E-state index contributed by atoms with van der Waals surface area (Å²) in [6.07, 6.45) is 1.88. The van der Waals surface area contributed by atoms with Crippen LogP contribution in [0.3, 0.4) is 0 Å². The maximum atomic E-state index is 12.6. The largest absolute Gasteiger partial charge is 0.493 e. The first-order valence-corrected chi connectivity index (χ1v) is 7.21. The van der Waals surface area contributed by atoms with E-state index >= 15 is 0 Å². The Balaban J connectivity index is 1.84. The average Bonchev–Trinajstić information content (AvgIpc) is 2.67. The van der Waals surface area contributed by atoms with E-state index in [2.05, 4.69) is 10.3 Å². The molecule has 0 saturated carbocycles. The number of rotatable bonds is 2. The van der Waals surface area contributed by atoms with Crippen molar-refractivity contribution in [2.75, 3.05) is 11.9 Å². The molecular weight excluding hydrogens is 304 g/mol. The standard InChI is InChI=1S/C16H13ClN2O3/c17-10-4-5-11-13(9-10)22-8-6-12(15(11)20)16(21)19-14-3-1-2-7-18-14/h1-5,7,9,12H,6,8H2,(H,18,19,21). The molecule has 2 aromatic rings. The van der Waals surface area contributed by atoms with Crippen molar-refractivity contribution >= 4 is 29.1 Å². The van der Waals surface area contributed by atoms with Crippen LogP contribution in [0, 0.1) is 5.92 Å². The molecule has 1 aliphatic heterocycles. The van der Waals surface area contributed by atoms with Crippen molar-refractivity contribution in [1.82, 2.24) is 4.98 Å². The molecule has 0 spiro atoms. The topological polar surface area (TPSA) is 68.3 Å². The first-order valence-electron chi connectivity index (χ1n) is 6.83. The summed E-state index contributed by atoms with van der Waals surface area (Å²) in [5, 5.41) is 3.15. The van der Waals surface area contributed by atoms with Crippen molar-refractivity contribution in [1.29, 1.82) is 0 Å². The lowest BCUT2D eigenvalue weighted by atomic mass is 9.94. The minimum atomic E-state index is -0.801. The third kappa shape index (κ3) is 2.94. The minimum Gasteiger partial charge on any atom is -0.493 e.